The minimum atomic E-state index is -0.246. The van der Waals surface area contributed by atoms with Gasteiger partial charge in [0.25, 0.3) is 0 Å². The van der Waals surface area contributed by atoms with Crippen LogP contribution in [0, 0.1) is 0 Å². The van der Waals surface area contributed by atoms with E-state index < -0.39 is 0 Å². The average Bonchev–Trinajstić information content (AvgIpc) is 2.74. The van der Waals surface area contributed by atoms with Gasteiger partial charge in [0.2, 0.25) is 0 Å². The molecule has 0 radical (unpaired) electrons. The maximum atomic E-state index is 11.4. The molecule has 0 unspecified atom stereocenters. The Labute approximate surface area is 107 Å². The third kappa shape index (κ3) is 2.40. The van der Waals surface area contributed by atoms with Gasteiger partial charge >= 0.3 is 5.97 Å². The first-order chi connectivity index (χ1) is 8.70. The van der Waals surface area contributed by atoms with Crippen molar-refractivity contribution in [1.82, 2.24) is 0 Å². The van der Waals surface area contributed by atoms with Gasteiger partial charge in [-0.2, -0.15) is 0 Å². The van der Waals surface area contributed by atoms with Crippen molar-refractivity contribution in [2.45, 2.75) is 25.2 Å². The fourth-order valence-corrected chi connectivity index (χ4v) is 2.38. The van der Waals surface area contributed by atoms with Crippen LogP contribution < -0.4 is 4.74 Å². The van der Waals surface area contributed by atoms with Gasteiger partial charge in [0.15, 0.2) is 0 Å². The molecule has 1 aromatic carbocycles. The summed E-state index contributed by atoms with van der Waals surface area (Å²) in [5.41, 5.74) is 0.862. The topological polar surface area (TPSA) is 35.5 Å². The zero-order chi connectivity index (χ0) is 13.0. The van der Waals surface area contributed by atoms with Crippen molar-refractivity contribution in [2.75, 3.05) is 13.2 Å². The summed E-state index contributed by atoms with van der Waals surface area (Å²) in [5.74, 6) is 0.714. The van der Waals surface area contributed by atoms with Gasteiger partial charge in [-0.25, -0.2) is 0 Å². The first kappa shape index (κ1) is 12.7. The van der Waals surface area contributed by atoms with Crippen molar-refractivity contribution >= 4 is 5.97 Å². The van der Waals surface area contributed by atoms with Crippen LogP contribution in [0.1, 0.15) is 25.3 Å². The van der Waals surface area contributed by atoms with Crippen molar-refractivity contribution in [3.8, 4) is 5.75 Å². The summed E-state index contributed by atoms with van der Waals surface area (Å²) in [6.07, 6.45) is 3.01. The molecule has 2 rings (SSSR count). The molecule has 0 aromatic heterocycles. The minimum absolute atomic E-state index is 0.134. The lowest BCUT2D eigenvalue weighted by Crippen LogP contribution is -2.25. The Balaban J connectivity index is 2.26. The maximum Gasteiger partial charge on any atom is 0.306 e. The molecule has 1 aliphatic heterocycles. The highest BCUT2D eigenvalue weighted by atomic mass is 16.5. The van der Waals surface area contributed by atoms with Crippen LogP contribution in [0.25, 0.3) is 0 Å². The molecule has 1 aromatic rings. The van der Waals surface area contributed by atoms with Crippen molar-refractivity contribution in [3.63, 3.8) is 0 Å². The van der Waals surface area contributed by atoms with Crippen LogP contribution in [0.2, 0.25) is 0 Å². The van der Waals surface area contributed by atoms with Crippen LogP contribution in [0.4, 0.5) is 0 Å². The lowest BCUT2D eigenvalue weighted by atomic mass is 9.77. The Hall–Kier alpha value is -1.77. The highest BCUT2D eigenvalue weighted by Gasteiger charge is 2.40. The Morgan fingerprint density at radius 2 is 2.17 bits per heavy atom. The van der Waals surface area contributed by atoms with Crippen LogP contribution in [0.5, 0.6) is 5.75 Å². The first-order valence-corrected chi connectivity index (χ1v) is 6.20. The number of hydrogen-bond acceptors (Lipinski definition) is 3. The highest BCUT2D eigenvalue weighted by molar-refractivity contribution is 5.74. The van der Waals surface area contributed by atoms with Crippen LogP contribution in [0.15, 0.2) is 36.9 Å². The molecular formula is C15H18O3. The molecular weight excluding hydrogens is 228 g/mol. The predicted octanol–water partition coefficient (Wildman–Crippen LogP) is 2.85. The van der Waals surface area contributed by atoms with Gasteiger partial charge < -0.3 is 9.47 Å². The van der Waals surface area contributed by atoms with E-state index in [9.17, 15) is 4.79 Å². The van der Waals surface area contributed by atoms with Gasteiger partial charge in [0.1, 0.15) is 12.4 Å². The van der Waals surface area contributed by atoms with Crippen LogP contribution in [-0.4, -0.2) is 19.2 Å². The highest BCUT2D eigenvalue weighted by Crippen LogP contribution is 2.38. The second kappa shape index (κ2) is 5.25. The maximum absolute atomic E-state index is 11.4. The molecule has 18 heavy (non-hydrogen) atoms. The summed E-state index contributed by atoms with van der Waals surface area (Å²) in [7, 11) is 0. The predicted molar refractivity (Wildman–Crippen MR) is 69.7 cm³/mol. The summed E-state index contributed by atoms with van der Waals surface area (Å²) in [4.78, 5) is 11.4. The number of carbonyl (C=O) groups excluding carboxylic acids is 1. The molecule has 0 amide bonds. The lowest BCUT2D eigenvalue weighted by Gasteiger charge is -2.25. The van der Waals surface area contributed by atoms with Crippen LogP contribution in [-0.2, 0) is 14.9 Å². The van der Waals surface area contributed by atoms with Crippen molar-refractivity contribution in [2.24, 2.45) is 0 Å². The van der Waals surface area contributed by atoms with Gasteiger partial charge in [-0.3, -0.25) is 4.79 Å². The van der Waals surface area contributed by atoms with E-state index in [0.717, 1.165) is 17.7 Å². The molecule has 0 bridgehead atoms. The van der Waals surface area contributed by atoms with E-state index in [1.807, 2.05) is 37.3 Å². The second-order valence-corrected chi connectivity index (χ2v) is 4.57. The summed E-state index contributed by atoms with van der Waals surface area (Å²) >= 11 is 0. The third-order valence-electron chi connectivity index (χ3n) is 3.30. The fraction of sp³-hybridized carbons (Fsp3) is 0.400. The molecule has 0 spiro atoms. The molecule has 0 N–H and O–H groups in total. The summed E-state index contributed by atoms with van der Waals surface area (Å²) in [5, 5.41) is 0. The zero-order valence-electron chi connectivity index (χ0n) is 10.6. The monoisotopic (exact) mass is 246 g/mol. The molecule has 1 atom stereocenters. The number of rotatable bonds is 5. The summed E-state index contributed by atoms with van der Waals surface area (Å²) in [6, 6.07) is 7.89. The fourth-order valence-electron chi connectivity index (χ4n) is 2.38. The number of esters is 1. The first-order valence-electron chi connectivity index (χ1n) is 6.20. The van der Waals surface area contributed by atoms with Gasteiger partial charge in [-0.05, 0) is 31.0 Å². The Kier molecular flexibility index (Phi) is 3.70. The number of cyclic esters (lactones) is 1. The summed E-state index contributed by atoms with van der Waals surface area (Å²) < 4.78 is 10.6. The van der Waals surface area contributed by atoms with Gasteiger partial charge in [0, 0.05) is 5.41 Å². The quantitative estimate of drug-likeness (QED) is 0.592. The van der Waals surface area contributed by atoms with Crippen molar-refractivity contribution in [1.29, 1.82) is 0 Å². The molecule has 1 fully saturated rings. The van der Waals surface area contributed by atoms with Crippen molar-refractivity contribution in [3.05, 3.63) is 42.5 Å². The Bertz CT molecular complexity index is 436. The van der Waals surface area contributed by atoms with E-state index in [4.69, 9.17) is 9.47 Å². The molecule has 3 heteroatoms. The van der Waals surface area contributed by atoms with Gasteiger partial charge in [0.05, 0.1) is 13.0 Å². The van der Waals surface area contributed by atoms with E-state index in [-0.39, 0.29) is 11.4 Å². The minimum Gasteiger partial charge on any atom is -0.494 e. The number of benzene rings is 1. The molecule has 3 nitrogen and oxygen atoms in total. The van der Waals surface area contributed by atoms with E-state index in [1.54, 1.807) is 0 Å². The molecule has 1 saturated heterocycles. The van der Waals surface area contributed by atoms with Crippen molar-refractivity contribution < 1.29 is 14.3 Å². The normalized spacial score (nSPS) is 22.6. The van der Waals surface area contributed by atoms with Gasteiger partial charge in [-0.1, -0.05) is 18.2 Å². The van der Waals surface area contributed by atoms with E-state index in [2.05, 4.69) is 6.58 Å². The molecule has 96 valence electrons. The Morgan fingerprint density at radius 3 is 2.67 bits per heavy atom. The smallest absolute Gasteiger partial charge is 0.306 e. The number of hydrogen-bond donors (Lipinski definition) is 0. The number of ether oxygens (including phenoxy) is 2. The second-order valence-electron chi connectivity index (χ2n) is 4.57. The lowest BCUT2D eigenvalue weighted by molar-refractivity contribution is -0.137. The third-order valence-corrected chi connectivity index (χ3v) is 3.30. The van der Waals surface area contributed by atoms with Crippen LogP contribution in [0.3, 0.4) is 0 Å². The SMILES string of the molecule is C=CC[C@@]1(c2ccc(OCC)cc2)COC(=O)C1. The number of allylic oxidation sites excluding steroid dienone is 1. The number of carbonyl (C=O) groups is 1. The standard InChI is InChI=1S/C15H18O3/c1-3-9-15(10-14(16)18-11-15)12-5-7-13(8-6-12)17-4-2/h3,5-8H,1,4,9-11H2,2H3/t15-/m0/s1. The zero-order valence-corrected chi connectivity index (χ0v) is 10.6. The van der Waals surface area contributed by atoms with Crippen LogP contribution >= 0.6 is 0 Å². The molecule has 0 aliphatic carbocycles. The van der Waals surface area contributed by atoms with Gasteiger partial charge in [-0.15, -0.1) is 6.58 Å². The van der Waals surface area contributed by atoms with E-state index in [1.165, 1.54) is 0 Å². The van der Waals surface area contributed by atoms with E-state index in [0.29, 0.717) is 19.6 Å². The average molecular weight is 246 g/mol. The Morgan fingerprint density at radius 1 is 1.44 bits per heavy atom. The molecule has 1 aliphatic rings. The van der Waals surface area contributed by atoms with E-state index >= 15 is 0 Å². The molecule has 1 heterocycles. The largest absolute Gasteiger partial charge is 0.494 e. The molecule has 0 saturated carbocycles. The summed E-state index contributed by atoms with van der Waals surface area (Å²) in [6.45, 7) is 6.82.